The van der Waals surface area contributed by atoms with E-state index in [4.69, 9.17) is 26.0 Å². The van der Waals surface area contributed by atoms with Gasteiger partial charge in [-0.05, 0) is 64.7 Å². The lowest BCUT2D eigenvalue weighted by molar-refractivity contribution is 0.673. The van der Waals surface area contributed by atoms with Crippen molar-refractivity contribution < 1.29 is 4.42 Å². The molecule has 6 aromatic carbocycles. The Hall–Kier alpha value is -4.99. The van der Waals surface area contributed by atoms with Crippen molar-refractivity contribution in [2.24, 2.45) is 0 Å². The normalized spacial score (nSPS) is 11.6. The van der Waals surface area contributed by atoms with E-state index in [1.165, 1.54) is 16.2 Å². The third-order valence-corrected chi connectivity index (χ3v) is 7.79. The fourth-order valence-corrected chi connectivity index (χ4v) is 5.77. The number of nitrogens with zero attached hydrogens (tertiary/aromatic N) is 2. The van der Waals surface area contributed by atoms with Crippen LogP contribution in [-0.2, 0) is 0 Å². The van der Waals surface area contributed by atoms with Crippen LogP contribution in [0.3, 0.4) is 0 Å². The second kappa shape index (κ2) is 9.04. The van der Waals surface area contributed by atoms with Crippen LogP contribution in [0.15, 0.2) is 132 Å². The highest BCUT2D eigenvalue weighted by atomic mass is 35.5. The first-order valence-corrected chi connectivity index (χ1v) is 13.6. The summed E-state index contributed by atoms with van der Waals surface area (Å²) in [5.41, 5.74) is 6.43. The number of benzene rings is 6. The molecule has 0 radical (unpaired) electrons. The smallest absolute Gasteiger partial charge is 0.160 e. The lowest BCUT2D eigenvalue weighted by atomic mass is 9.96. The maximum Gasteiger partial charge on any atom is 0.160 e. The predicted molar refractivity (Wildman–Crippen MR) is 166 cm³/mol. The molecule has 40 heavy (non-hydrogen) atoms. The predicted octanol–water partition coefficient (Wildman–Crippen LogP) is 10.3. The first-order valence-electron chi connectivity index (χ1n) is 13.2. The molecule has 8 rings (SSSR count). The van der Waals surface area contributed by atoms with Gasteiger partial charge in [-0.15, -0.1) is 0 Å². The Labute approximate surface area is 235 Å². The van der Waals surface area contributed by atoms with Gasteiger partial charge in [0, 0.05) is 37.9 Å². The summed E-state index contributed by atoms with van der Waals surface area (Å²) in [6.07, 6.45) is 0. The Morgan fingerprint density at radius 3 is 1.82 bits per heavy atom. The number of hydrogen-bond acceptors (Lipinski definition) is 3. The SMILES string of the molecule is Clc1ccc(-c2nc(-c3ccccc3)cc(-c3ccc4oc5c6ccccc6c6ccccc6c5c4c3)n2)cc1. The Bertz CT molecular complexity index is 2220. The second-order valence-electron chi connectivity index (χ2n) is 9.94. The summed E-state index contributed by atoms with van der Waals surface area (Å²) in [5.74, 6) is 0.654. The van der Waals surface area contributed by atoms with Crippen LogP contribution in [0.5, 0.6) is 0 Å². The molecule has 0 atom stereocenters. The van der Waals surface area contributed by atoms with Gasteiger partial charge in [0.2, 0.25) is 0 Å². The summed E-state index contributed by atoms with van der Waals surface area (Å²) in [6, 6.07) is 43.3. The van der Waals surface area contributed by atoms with E-state index < -0.39 is 0 Å². The minimum atomic E-state index is 0.654. The van der Waals surface area contributed by atoms with Crippen molar-refractivity contribution in [2.45, 2.75) is 0 Å². The molecule has 0 aliphatic heterocycles. The zero-order valence-corrected chi connectivity index (χ0v) is 22.1. The molecule has 0 bridgehead atoms. The van der Waals surface area contributed by atoms with E-state index in [1.54, 1.807) is 0 Å². The van der Waals surface area contributed by atoms with E-state index in [-0.39, 0.29) is 0 Å². The highest BCUT2D eigenvalue weighted by Crippen LogP contribution is 2.42. The van der Waals surface area contributed by atoms with Gasteiger partial charge in [-0.2, -0.15) is 0 Å². The fourth-order valence-electron chi connectivity index (χ4n) is 5.65. The summed E-state index contributed by atoms with van der Waals surface area (Å²) in [5, 5.41) is 7.59. The number of rotatable bonds is 3. The van der Waals surface area contributed by atoms with Crippen molar-refractivity contribution in [2.75, 3.05) is 0 Å². The molecule has 2 aromatic heterocycles. The van der Waals surface area contributed by atoms with Gasteiger partial charge in [0.15, 0.2) is 5.82 Å². The summed E-state index contributed by atoms with van der Waals surface area (Å²) >= 11 is 6.17. The molecule has 8 aromatic rings. The van der Waals surface area contributed by atoms with Crippen molar-refractivity contribution >= 4 is 55.1 Å². The van der Waals surface area contributed by atoms with Gasteiger partial charge in [0.05, 0.1) is 11.4 Å². The minimum Gasteiger partial charge on any atom is -0.455 e. The molecule has 0 spiro atoms. The zero-order chi connectivity index (χ0) is 26.6. The highest BCUT2D eigenvalue weighted by Gasteiger charge is 2.17. The third kappa shape index (κ3) is 3.67. The molecule has 2 heterocycles. The Balaban J connectivity index is 1.40. The summed E-state index contributed by atoms with van der Waals surface area (Å²) in [6.45, 7) is 0. The highest BCUT2D eigenvalue weighted by molar-refractivity contribution is 6.31. The van der Waals surface area contributed by atoms with Gasteiger partial charge in [-0.3, -0.25) is 0 Å². The topological polar surface area (TPSA) is 38.9 Å². The maximum absolute atomic E-state index is 6.52. The Morgan fingerprint density at radius 1 is 0.475 bits per heavy atom. The number of fused-ring (bicyclic) bond motifs is 8. The van der Waals surface area contributed by atoms with Crippen LogP contribution in [0, 0.1) is 0 Å². The van der Waals surface area contributed by atoms with E-state index in [0.717, 1.165) is 55.4 Å². The lowest BCUT2D eigenvalue weighted by Crippen LogP contribution is -1.95. The molecule has 0 N–H and O–H groups in total. The maximum atomic E-state index is 6.52. The van der Waals surface area contributed by atoms with E-state index in [0.29, 0.717) is 10.8 Å². The van der Waals surface area contributed by atoms with E-state index in [2.05, 4.69) is 84.9 Å². The molecule has 0 amide bonds. The molecule has 0 saturated heterocycles. The molecule has 4 heteroatoms. The average molecular weight is 533 g/mol. The molecule has 188 valence electrons. The van der Waals surface area contributed by atoms with Crippen molar-refractivity contribution in [1.29, 1.82) is 0 Å². The largest absolute Gasteiger partial charge is 0.455 e. The van der Waals surface area contributed by atoms with Crippen LogP contribution in [0.1, 0.15) is 0 Å². The Morgan fingerprint density at radius 2 is 1.07 bits per heavy atom. The molecule has 0 aliphatic carbocycles. The van der Waals surface area contributed by atoms with Gasteiger partial charge < -0.3 is 4.42 Å². The minimum absolute atomic E-state index is 0.654. The van der Waals surface area contributed by atoms with Gasteiger partial charge >= 0.3 is 0 Å². The number of hydrogen-bond donors (Lipinski definition) is 0. The molecule has 0 aliphatic rings. The van der Waals surface area contributed by atoms with Crippen molar-refractivity contribution in [3.05, 3.63) is 132 Å². The van der Waals surface area contributed by atoms with Crippen LogP contribution < -0.4 is 0 Å². The van der Waals surface area contributed by atoms with Gasteiger partial charge in [0.1, 0.15) is 11.2 Å². The second-order valence-corrected chi connectivity index (χ2v) is 10.4. The molecular weight excluding hydrogens is 512 g/mol. The molecule has 0 fully saturated rings. The lowest BCUT2D eigenvalue weighted by Gasteiger charge is -2.10. The standard InChI is InChI=1S/C36H21ClN2O/c37-25-17-14-23(15-18-25)36-38-31(22-8-2-1-3-9-22)21-32(39-36)24-16-19-33-30(20-24)34-28-12-6-4-10-26(28)27-11-5-7-13-29(27)35(34)40-33/h1-21H. The summed E-state index contributed by atoms with van der Waals surface area (Å²) in [4.78, 5) is 9.96. The summed E-state index contributed by atoms with van der Waals surface area (Å²) < 4.78 is 6.52. The van der Waals surface area contributed by atoms with Crippen molar-refractivity contribution in [3.63, 3.8) is 0 Å². The average Bonchev–Trinajstić information content (AvgIpc) is 3.41. The monoisotopic (exact) mass is 532 g/mol. The van der Waals surface area contributed by atoms with E-state index >= 15 is 0 Å². The Kier molecular flexibility index (Phi) is 5.19. The van der Waals surface area contributed by atoms with Crippen molar-refractivity contribution in [1.82, 2.24) is 9.97 Å². The van der Waals surface area contributed by atoms with Crippen LogP contribution >= 0.6 is 11.6 Å². The quantitative estimate of drug-likeness (QED) is 0.212. The van der Waals surface area contributed by atoms with Crippen molar-refractivity contribution in [3.8, 4) is 33.9 Å². The molecule has 0 unspecified atom stereocenters. The van der Waals surface area contributed by atoms with Gasteiger partial charge in [-0.1, -0.05) is 90.5 Å². The van der Waals surface area contributed by atoms with Crippen LogP contribution in [0.4, 0.5) is 0 Å². The van der Waals surface area contributed by atoms with E-state index in [9.17, 15) is 0 Å². The van der Waals surface area contributed by atoms with Gasteiger partial charge in [0.25, 0.3) is 0 Å². The third-order valence-electron chi connectivity index (χ3n) is 7.54. The first kappa shape index (κ1) is 22.9. The van der Waals surface area contributed by atoms with Gasteiger partial charge in [-0.25, -0.2) is 9.97 Å². The van der Waals surface area contributed by atoms with Crippen LogP contribution in [0.2, 0.25) is 5.02 Å². The first-order chi connectivity index (χ1) is 19.7. The zero-order valence-electron chi connectivity index (χ0n) is 21.3. The fraction of sp³-hybridized carbons (Fsp3) is 0. The molecular formula is C36H21ClN2O. The van der Waals surface area contributed by atoms with Crippen LogP contribution in [0.25, 0.3) is 77.4 Å². The van der Waals surface area contributed by atoms with Crippen LogP contribution in [-0.4, -0.2) is 9.97 Å². The number of furan rings is 1. The molecule has 0 saturated carbocycles. The van der Waals surface area contributed by atoms with E-state index in [1.807, 2.05) is 42.5 Å². The number of halogens is 1. The molecule has 3 nitrogen and oxygen atoms in total. The number of aromatic nitrogens is 2. The summed E-state index contributed by atoms with van der Waals surface area (Å²) in [7, 11) is 0.